The Morgan fingerprint density at radius 2 is 2.05 bits per heavy atom. The van der Waals surface area contributed by atoms with Crippen molar-refractivity contribution in [2.75, 3.05) is 11.9 Å². The number of nitrogens with one attached hydrogen (secondary N) is 1. The zero-order valence-electron chi connectivity index (χ0n) is 11.3. The highest BCUT2D eigenvalue weighted by atomic mass is 35.5. The van der Waals surface area contributed by atoms with Gasteiger partial charge in [0.25, 0.3) is 0 Å². The number of halogens is 1. The van der Waals surface area contributed by atoms with Gasteiger partial charge in [0.1, 0.15) is 0 Å². The van der Waals surface area contributed by atoms with Crippen molar-refractivity contribution in [2.24, 2.45) is 0 Å². The van der Waals surface area contributed by atoms with E-state index in [2.05, 4.69) is 10.2 Å². The van der Waals surface area contributed by atoms with Crippen molar-refractivity contribution in [3.05, 3.63) is 29.3 Å². The smallest absolute Gasteiger partial charge is 0.238 e. The summed E-state index contributed by atoms with van der Waals surface area (Å²) >= 11 is 5.90. The number of aliphatic hydroxyl groups is 1. The van der Waals surface area contributed by atoms with Gasteiger partial charge in [0, 0.05) is 22.8 Å². The van der Waals surface area contributed by atoms with E-state index in [-0.39, 0.29) is 12.0 Å². The zero-order valence-corrected chi connectivity index (χ0v) is 12.0. The predicted molar refractivity (Wildman–Crippen MR) is 78.8 cm³/mol. The molecule has 2 unspecified atom stereocenters. The van der Waals surface area contributed by atoms with Crippen LogP contribution in [-0.4, -0.2) is 40.6 Å². The monoisotopic (exact) mass is 294 g/mol. The molecule has 0 spiro atoms. The summed E-state index contributed by atoms with van der Waals surface area (Å²) < 4.78 is 0. The van der Waals surface area contributed by atoms with E-state index in [9.17, 15) is 9.90 Å². The second-order valence-corrected chi connectivity index (χ2v) is 6.18. The van der Waals surface area contributed by atoms with Crippen molar-refractivity contribution in [1.82, 2.24) is 4.90 Å². The molecule has 1 aromatic rings. The van der Waals surface area contributed by atoms with Gasteiger partial charge in [-0.25, -0.2) is 0 Å². The lowest BCUT2D eigenvalue weighted by Crippen LogP contribution is -2.47. The third-order valence-corrected chi connectivity index (χ3v) is 4.53. The van der Waals surface area contributed by atoms with E-state index < -0.39 is 0 Å². The summed E-state index contributed by atoms with van der Waals surface area (Å²) in [5.74, 6) is -0.0134. The Morgan fingerprint density at radius 1 is 1.35 bits per heavy atom. The van der Waals surface area contributed by atoms with Crippen LogP contribution >= 0.6 is 11.6 Å². The number of aliphatic hydroxyl groups excluding tert-OH is 1. The number of benzene rings is 1. The van der Waals surface area contributed by atoms with Crippen LogP contribution in [0, 0.1) is 0 Å². The highest BCUT2D eigenvalue weighted by Gasteiger charge is 2.40. The third kappa shape index (κ3) is 2.97. The lowest BCUT2D eigenvalue weighted by molar-refractivity contribution is -0.119. The lowest BCUT2D eigenvalue weighted by Gasteiger charge is -2.36. The van der Waals surface area contributed by atoms with Gasteiger partial charge >= 0.3 is 0 Å². The molecular formula is C15H19ClN2O2. The van der Waals surface area contributed by atoms with Gasteiger partial charge in [0.05, 0.1) is 12.6 Å². The molecule has 0 radical (unpaired) electrons. The highest BCUT2D eigenvalue weighted by molar-refractivity contribution is 6.30. The van der Waals surface area contributed by atoms with Crippen molar-refractivity contribution < 1.29 is 9.90 Å². The largest absolute Gasteiger partial charge is 0.393 e. The first kappa shape index (κ1) is 13.9. The molecule has 1 amide bonds. The minimum absolute atomic E-state index is 0.0134. The van der Waals surface area contributed by atoms with E-state index >= 15 is 0 Å². The fourth-order valence-electron chi connectivity index (χ4n) is 3.44. The van der Waals surface area contributed by atoms with E-state index in [0.29, 0.717) is 23.7 Å². The number of hydrogen-bond donors (Lipinski definition) is 2. The van der Waals surface area contributed by atoms with Gasteiger partial charge in [-0.3, -0.25) is 9.69 Å². The Balaban J connectivity index is 1.60. The zero-order chi connectivity index (χ0) is 14.1. The number of nitrogens with zero attached hydrogens (tertiary/aromatic N) is 1. The molecule has 2 aliphatic heterocycles. The Morgan fingerprint density at radius 3 is 2.70 bits per heavy atom. The Bertz CT molecular complexity index is 494. The standard InChI is InChI=1S/C15H19ClN2O2/c16-10-2-1-3-11(6-10)17-15(20)9-18-12-4-5-13(18)8-14(19)7-12/h1-3,6,12-14,19H,4-5,7-9H2,(H,17,20). The molecule has 108 valence electrons. The van der Waals surface area contributed by atoms with E-state index in [4.69, 9.17) is 11.6 Å². The second-order valence-electron chi connectivity index (χ2n) is 5.74. The molecule has 2 saturated heterocycles. The molecule has 2 heterocycles. The number of anilines is 1. The van der Waals surface area contributed by atoms with Crippen LogP contribution in [0.5, 0.6) is 0 Å². The van der Waals surface area contributed by atoms with Crippen LogP contribution < -0.4 is 5.32 Å². The van der Waals surface area contributed by atoms with Gasteiger partial charge < -0.3 is 10.4 Å². The first-order valence-electron chi connectivity index (χ1n) is 7.11. The quantitative estimate of drug-likeness (QED) is 0.899. The number of rotatable bonds is 3. The molecule has 2 N–H and O–H groups in total. The van der Waals surface area contributed by atoms with Crippen LogP contribution in [0.2, 0.25) is 5.02 Å². The minimum Gasteiger partial charge on any atom is -0.393 e. The topological polar surface area (TPSA) is 52.6 Å². The maximum atomic E-state index is 12.1. The number of amides is 1. The van der Waals surface area contributed by atoms with Gasteiger partial charge in [-0.2, -0.15) is 0 Å². The fraction of sp³-hybridized carbons (Fsp3) is 0.533. The number of piperidine rings is 1. The number of carbonyl (C=O) groups excluding carboxylic acids is 1. The third-order valence-electron chi connectivity index (χ3n) is 4.29. The molecule has 3 rings (SSSR count). The lowest BCUT2D eigenvalue weighted by atomic mass is 10.00. The normalized spacial score (nSPS) is 29.4. The van der Waals surface area contributed by atoms with Crippen molar-refractivity contribution in [2.45, 2.75) is 43.9 Å². The molecule has 2 atom stereocenters. The van der Waals surface area contributed by atoms with Gasteiger partial charge in [-0.05, 0) is 43.9 Å². The van der Waals surface area contributed by atoms with Gasteiger partial charge in [-0.1, -0.05) is 17.7 Å². The van der Waals surface area contributed by atoms with Gasteiger partial charge in [0.2, 0.25) is 5.91 Å². The molecule has 2 fully saturated rings. The molecular weight excluding hydrogens is 276 g/mol. The average Bonchev–Trinajstić information content (AvgIpc) is 2.62. The van der Waals surface area contributed by atoms with Crippen LogP contribution in [0.15, 0.2) is 24.3 Å². The van der Waals surface area contributed by atoms with Crippen molar-refractivity contribution in [3.8, 4) is 0 Å². The number of fused-ring (bicyclic) bond motifs is 2. The molecule has 1 aromatic carbocycles. The van der Waals surface area contributed by atoms with Crippen LogP contribution in [0.25, 0.3) is 0 Å². The summed E-state index contributed by atoms with van der Waals surface area (Å²) in [6.45, 7) is 0.397. The number of carbonyl (C=O) groups is 1. The van der Waals surface area contributed by atoms with Crippen LogP contribution in [-0.2, 0) is 4.79 Å². The molecule has 20 heavy (non-hydrogen) atoms. The molecule has 0 aliphatic carbocycles. The summed E-state index contributed by atoms with van der Waals surface area (Å²) in [6, 6.07) is 7.89. The molecule has 0 aromatic heterocycles. The van der Waals surface area contributed by atoms with Crippen LogP contribution in [0.3, 0.4) is 0 Å². The SMILES string of the molecule is O=C(CN1C2CCC1CC(O)C2)Nc1cccc(Cl)c1. The van der Waals surface area contributed by atoms with Crippen molar-refractivity contribution >= 4 is 23.2 Å². The fourth-order valence-corrected chi connectivity index (χ4v) is 3.63. The summed E-state index contributed by atoms with van der Waals surface area (Å²) in [6.07, 6.45) is 3.57. The van der Waals surface area contributed by atoms with E-state index in [1.165, 1.54) is 0 Å². The highest BCUT2D eigenvalue weighted by Crippen LogP contribution is 2.35. The Labute approximate surface area is 123 Å². The van der Waals surface area contributed by atoms with Crippen molar-refractivity contribution in [1.29, 1.82) is 0 Å². The number of hydrogen-bond acceptors (Lipinski definition) is 3. The summed E-state index contributed by atoms with van der Waals surface area (Å²) in [7, 11) is 0. The first-order valence-corrected chi connectivity index (χ1v) is 7.49. The van der Waals surface area contributed by atoms with Crippen LogP contribution in [0.1, 0.15) is 25.7 Å². The molecule has 5 heteroatoms. The Kier molecular flexibility index (Phi) is 3.96. The van der Waals surface area contributed by atoms with Crippen molar-refractivity contribution in [3.63, 3.8) is 0 Å². The molecule has 2 aliphatic rings. The first-order chi connectivity index (χ1) is 9.61. The predicted octanol–water partition coefficient (Wildman–Crippen LogP) is 2.27. The van der Waals surface area contributed by atoms with Gasteiger partial charge in [-0.15, -0.1) is 0 Å². The van der Waals surface area contributed by atoms with E-state index in [1.54, 1.807) is 12.1 Å². The average molecular weight is 295 g/mol. The Hall–Kier alpha value is -1.10. The maximum absolute atomic E-state index is 12.1. The summed E-state index contributed by atoms with van der Waals surface area (Å²) in [5.41, 5.74) is 0.729. The minimum atomic E-state index is -0.195. The second kappa shape index (κ2) is 5.72. The van der Waals surface area contributed by atoms with Gasteiger partial charge in [0.15, 0.2) is 0 Å². The van der Waals surface area contributed by atoms with E-state index in [1.807, 2.05) is 12.1 Å². The molecule has 0 saturated carbocycles. The summed E-state index contributed by atoms with van der Waals surface area (Å²) in [4.78, 5) is 14.4. The van der Waals surface area contributed by atoms with E-state index in [0.717, 1.165) is 31.4 Å². The van der Waals surface area contributed by atoms with Crippen LogP contribution in [0.4, 0.5) is 5.69 Å². The summed E-state index contributed by atoms with van der Waals surface area (Å²) in [5, 5.41) is 13.3. The molecule has 2 bridgehead atoms. The molecule has 4 nitrogen and oxygen atoms in total. The maximum Gasteiger partial charge on any atom is 0.238 e.